The molecule has 2 aliphatic heterocycles. The number of anilines is 1. The van der Waals surface area contributed by atoms with Crippen LogP contribution in [0.3, 0.4) is 0 Å². The number of rotatable bonds is 19. The molecule has 0 radical (unpaired) electrons. The molecular weight excluding hydrogens is 510 g/mol. The third-order valence-electron chi connectivity index (χ3n) is 6.31. The second kappa shape index (κ2) is 17.1. The van der Waals surface area contributed by atoms with Gasteiger partial charge in [0.2, 0.25) is 11.8 Å². The summed E-state index contributed by atoms with van der Waals surface area (Å²) in [5, 5.41) is 12.1. The van der Waals surface area contributed by atoms with Crippen molar-refractivity contribution in [3.05, 3.63) is 29.8 Å². The highest BCUT2D eigenvalue weighted by Crippen LogP contribution is 2.33. The highest BCUT2D eigenvalue weighted by Gasteiger charge is 2.42. The van der Waals surface area contributed by atoms with Crippen LogP contribution in [0, 0.1) is 0 Å². The maximum absolute atomic E-state index is 12.0. The first kappa shape index (κ1) is 30.0. The Bertz CT molecular complexity index is 874. The second-order valence-corrected chi connectivity index (χ2v) is 10.6. The Morgan fingerprint density at radius 1 is 0.895 bits per heavy atom. The Morgan fingerprint density at radius 3 is 2.21 bits per heavy atom. The summed E-state index contributed by atoms with van der Waals surface area (Å²) in [5.74, 6) is 0.941. The number of fused-ring (bicyclic) bond motifs is 1. The zero-order valence-corrected chi connectivity index (χ0v) is 22.7. The van der Waals surface area contributed by atoms with Crippen molar-refractivity contribution in [2.45, 2.75) is 49.4 Å². The highest BCUT2D eigenvalue weighted by atomic mass is 32.2. The zero-order valence-electron chi connectivity index (χ0n) is 21.9. The number of nitrogens with one attached hydrogen (secondary N) is 4. The van der Waals surface area contributed by atoms with E-state index in [1.54, 1.807) is 12.1 Å². The number of amides is 4. The van der Waals surface area contributed by atoms with Crippen LogP contribution in [0.5, 0.6) is 0 Å². The van der Waals surface area contributed by atoms with Gasteiger partial charge in [0.15, 0.2) is 0 Å². The largest absolute Gasteiger partial charge is 0.399 e. The van der Waals surface area contributed by atoms with Crippen molar-refractivity contribution in [2.75, 3.05) is 64.2 Å². The van der Waals surface area contributed by atoms with Gasteiger partial charge in [-0.05, 0) is 30.5 Å². The summed E-state index contributed by atoms with van der Waals surface area (Å²) in [6.45, 7) is 3.57. The molecule has 0 bridgehead atoms. The van der Waals surface area contributed by atoms with Crippen LogP contribution in [0.1, 0.15) is 31.2 Å². The number of urea groups is 1. The second-order valence-electron chi connectivity index (χ2n) is 9.32. The van der Waals surface area contributed by atoms with Crippen LogP contribution < -0.4 is 27.0 Å². The molecule has 6 N–H and O–H groups in total. The predicted octanol–water partition coefficient (Wildman–Crippen LogP) is 0.819. The Hall–Kier alpha value is -2.54. The van der Waals surface area contributed by atoms with Crippen molar-refractivity contribution < 1.29 is 28.6 Å². The van der Waals surface area contributed by atoms with Gasteiger partial charge in [0.1, 0.15) is 0 Å². The van der Waals surface area contributed by atoms with Crippen molar-refractivity contribution in [1.29, 1.82) is 0 Å². The summed E-state index contributed by atoms with van der Waals surface area (Å²) >= 11 is 1.90. The smallest absolute Gasteiger partial charge is 0.315 e. The van der Waals surface area contributed by atoms with Crippen LogP contribution in [0.25, 0.3) is 0 Å². The number of hydrogen-bond acceptors (Lipinski definition) is 8. The lowest BCUT2D eigenvalue weighted by Gasteiger charge is -2.16. The molecule has 1 aromatic rings. The summed E-state index contributed by atoms with van der Waals surface area (Å²) in [6, 6.07) is 7.65. The van der Waals surface area contributed by atoms with Gasteiger partial charge in [0, 0.05) is 36.2 Å². The number of ether oxygens (including phenoxy) is 3. The first-order valence-corrected chi connectivity index (χ1v) is 14.4. The molecule has 0 aliphatic carbocycles. The molecule has 2 fully saturated rings. The van der Waals surface area contributed by atoms with Gasteiger partial charge in [0.05, 0.1) is 58.1 Å². The SMILES string of the molecule is Nc1ccc(CC(=O)NCCOCCOCCOCCNC(=O)CCCC[C@@H]2SC[C@@H]3NC(=O)N[C@@H]32)cc1. The molecule has 0 spiro atoms. The third-order valence-corrected chi connectivity index (χ3v) is 7.81. The number of thioether (sulfide) groups is 1. The quantitative estimate of drug-likeness (QED) is 0.0963. The van der Waals surface area contributed by atoms with E-state index in [2.05, 4.69) is 21.3 Å². The maximum atomic E-state index is 12.0. The summed E-state index contributed by atoms with van der Waals surface area (Å²) in [7, 11) is 0. The summed E-state index contributed by atoms with van der Waals surface area (Å²) in [5.41, 5.74) is 7.23. The van der Waals surface area contributed by atoms with E-state index >= 15 is 0 Å². The summed E-state index contributed by atoms with van der Waals surface area (Å²) in [6.07, 6.45) is 3.65. The Labute approximate surface area is 228 Å². The van der Waals surface area contributed by atoms with Crippen LogP contribution in [0.2, 0.25) is 0 Å². The van der Waals surface area contributed by atoms with Gasteiger partial charge in [-0.25, -0.2) is 4.79 Å². The Morgan fingerprint density at radius 2 is 1.53 bits per heavy atom. The molecule has 0 aromatic heterocycles. The molecule has 4 amide bonds. The number of nitrogen functional groups attached to an aromatic ring is 1. The molecule has 3 rings (SSSR count). The van der Waals surface area contributed by atoms with Crippen molar-refractivity contribution in [3.8, 4) is 0 Å². The van der Waals surface area contributed by atoms with E-state index in [9.17, 15) is 14.4 Å². The van der Waals surface area contributed by atoms with Gasteiger partial charge in [-0.15, -0.1) is 0 Å². The van der Waals surface area contributed by atoms with Gasteiger partial charge in [-0.2, -0.15) is 11.8 Å². The van der Waals surface area contributed by atoms with Crippen molar-refractivity contribution in [1.82, 2.24) is 21.3 Å². The average Bonchev–Trinajstić information content (AvgIpc) is 3.45. The van der Waals surface area contributed by atoms with Crippen LogP contribution in [0.4, 0.5) is 10.5 Å². The first-order chi connectivity index (χ1) is 18.5. The molecule has 212 valence electrons. The van der Waals surface area contributed by atoms with E-state index < -0.39 is 0 Å². The van der Waals surface area contributed by atoms with Gasteiger partial charge in [-0.1, -0.05) is 18.6 Å². The van der Waals surface area contributed by atoms with E-state index in [1.807, 2.05) is 23.9 Å². The van der Waals surface area contributed by atoms with Gasteiger partial charge < -0.3 is 41.2 Å². The van der Waals surface area contributed by atoms with Crippen LogP contribution in [-0.2, 0) is 30.2 Å². The predicted molar refractivity (Wildman–Crippen MR) is 147 cm³/mol. The monoisotopic (exact) mass is 551 g/mol. The number of carbonyl (C=O) groups is 3. The van der Waals surface area contributed by atoms with Crippen LogP contribution >= 0.6 is 11.8 Å². The van der Waals surface area contributed by atoms with Crippen LogP contribution in [-0.4, -0.2) is 93.7 Å². The van der Waals surface area contributed by atoms with E-state index in [1.165, 1.54) is 0 Å². The number of unbranched alkanes of at least 4 members (excludes halogenated alkanes) is 1. The summed E-state index contributed by atoms with van der Waals surface area (Å²) < 4.78 is 16.4. The van der Waals surface area contributed by atoms with Crippen molar-refractivity contribution in [3.63, 3.8) is 0 Å². The molecular formula is C26H41N5O6S. The number of benzene rings is 1. The minimum atomic E-state index is -0.0615. The molecule has 0 unspecified atom stereocenters. The highest BCUT2D eigenvalue weighted by molar-refractivity contribution is 8.00. The molecule has 12 heteroatoms. The molecule has 2 aliphatic rings. The molecule has 3 atom stereocenters. The molecule has 1 aromatic carbocycles. The minimum absolute atomic E-state index is 0.0382. The van der Waals surface area contributed by atoms with E-state index in [-0.39, 0.29) is 29.9 Å². The fourth-order valence-electron chi connectivity index (χ4n) is 4.31. The normalized spacial score (nSPS) is 20.0. The summed E-state index contributed by atoms with van der Waals surface area (Å²) in [4.78, 5) is 35.3. The van der Waals surface area contributed by atoms with Crippen molar-refractivity contribution in [2.24, 2.45) is 0 Å². The average molecular weight is 552 g/mol. The maximum Gasteiger partial charge on any atom is 0.315 e. The Kier molecular flexibility index (Phi) is 13.5. The minimum Gasteiger partial charge on any atom is -0.399 e. The van der Waals surface area contributed by atoms with E-state index in [0.717, 1.165) is 30.6 Å². The topological polar surface area (TPSA) is 153 Å². The third kappa shape index (κ3) is 11.5. The number of carbonyl (C=O) groups excluding carboxylic acids is 3. The lowest BCUT2D eigenvalue weighted by atomic mass is 10.0. The number of hydrogen-bond donors (Lipinski definition) is 5. The zero-order chi connectivity index (χ0) is 27.0. The lowest BCUT2D eigenvalue weighted by molar-refractivity contribution is -0.121. The number of nitrogens with two attached hydrogens (primary N) is 1. The van der Waals surface area contributed by atoms with Gasteiger partial charge >= 0.3 is 6.03 Å². The van der Waals surface area contributed by atoms with Crippen molar-refractivity contribution >= 4 is 35.3 Å². The van der Waals surface area contributed by atoms with E-state index in [4.69, 9.17) is 19.9 Å². The van der Waals surface area contributed by atoms with Gasteiger partial charge in [-0.3, -0.25) is 9.59 Å². The molecule has 0 saturated carbocycles. The van der Waals surface area contributed by atoms with Crippen LogP contribution in [0.15, 0.2) is 24.3 Å². The first-order valence-electron chi connectivity index (χ1n) is 13.3. The fraction of sp³-hybridized carbons (Fsp3) is 0.654. The molecule has 11 nitrogen and oxygen atoms in total. The Balaban J connectivity index is 1.03. The fourth-order valence-corrected chi connectivity index (χ4v) is 5.86. The molecule has 2 heterocycles. The lowest BCUT2D eigenvalue weighted by Crippen LogP contribution is -2.36. The molecule has 38 heavy (non-hydrogen) atoms. The standard InChI is InChI=1S/C26H41N5O6S/c27-20-7-5-19(6-8-20)17-24(33)29-10-12-36-14-16-37-15-13-35-11-9-28-23(32)4-2-1-3-22-25-21(18-38-22)30-26(34)31-25/h5-8,21-22,25H,1-4,9-18,27H2,(H,28,32)(H,29,33)(H2,30,31,34)/t21-,22-,25-/m0/s1. The van der Waals surface area contributed by atoms with E-state index in [0.29, 0.717) is 76.5 Å². The molecule has 2 saturated heterocycles. The van der Waals surface area contributed by atoms with Gasteiger partial charge in [0.25, 0.3) is 0 Å².